The lowest BCUT2D eigenvalue weighted by Crippen LogP contribution is -2.17. The standard InChI is InChI=1S/C13H12BrNO2/c14-11-9-4-2-5-16-12(9)10(7-15)8-3-1-6-17-13(8)11/h1-6H2. The van der Waals surface area contributed by atoms with Gasteiger partial charge in [-0.1, -0.05) is 0 Å². The first-order valence-electron chi connectivity index (χ1n) is 5.86. The van der Waals surface area contributed by atoms with Crippen molar-refractivity contribution in [2.24, 2.45) is 0 Å². The maximum Gasteiger partial charge on any atom is 0.141 e. The average molecular weight is 294 g/mol. The predicted molar refractivity (Wildman–Crippen MR) is 66.5 cm³/mol. The molecule has 0 bridgehead atoms. The molecule has 88 valence electrons. The number of hydrogen-bond acceptors (Lipinski definition) is 3. The first-order valence-corrected chi connectivity index (χ1v) is 6.65. The van der Waals surface area contributed by atoms with Crippen LogP contribution in [0.5, 0.6) is 11.5 Å². The van der Waals surface area contributed by atoms with Crippen LogP contribution in [0.3, 0.4) is 0 Å². The van der Waals surface area contributed by atoms with Crippen molar-refractivity contribution in [3.63, 3.8) is 0 Å². The monoisotopic (exact) mass is 293 g/mol. The SMILES string of the molecule is N#Cc1c2c(c(Br)c3c1OCCC3)OCCC2. The fourth-order valence-electron chi connectivity index (χ4n) is 2.51. The zero-order valence-corrected chi connectivity index (χ0v) is 11.0. The second-order valence-electron chi connectivity index (χ2n) is 4.32. The molecular weight excluding hydrogens is 282 g/mol. The van der Waals surface area contributed by atoms with Gasteiger partial charge in [-0.25, -0.2) is 0 Å². The van der Waals surface area contributed by atoms with Gasteiger partial charge in [0.2, 0.25) is 0 Å². The predicted octanol–water partition coefficient (Wildman–Crippen LogP) is 2.97. The first kappa shape index (κ1) is 10.9. The topological polar surface area (TPSA) is 42.2 Å². The van der Waals surface area contributed by atoms with E-state index in [1.165, 1.54) is 0 Å². The Kier molecular flexibility index (Phi) is 2.71. The molecule has 1 aromatic carbocycles. The van der Waals surface area contributed by atoms with Gasteiger partial charge in [0.1, 0.15) is 23.1 Å². The molecule has 0 saturated carbocycles. The van der Waals surface area contributed by atoms with Crippen molar-refractivity contribution in [2.45, 2.75) is 25.7 Å². The number of benzene rings is 1. The number of fused-ring (bicyclic) bond motifs is 2. The van der Waals surface area contributed by atoms with Gasteiger partial charge < -0.3 is 9.47 Å². The molecule has 1 aromatic rings. The van der Waals surface area contributed by atoms with Crippen molar-refractivity contribution in [1.29, 1.82) is 5.26 Å². The Morgan fingerprint density at radius 2 is 1.65 bits per heavy atom. The molecular formula is C13H12BrNO2. The number of halogens is 1. The van der Waals surface area contributed by atoms with Crippen LogP contribution in [-0.4, -0.2) is 13.2 Å². The second-order valence-corrected chi connectivity index (χ2v) is 5.11. The summed E-state index contributed by atoms with van der Waals surface area (Å²) in [5.41, 5.74) is 2.78. The Morgan fingerprint density at radius 1 is 1.00 bits per heavy atom. The van der Waals surface area contributed by atoms with Crippen molar-refractivity contribution in [1.82, 2.24) is 0 Å². The lowest BCUT2D eigenvalue weighted by atomic mass is 9.94. The van der Waals surface area contributed by atoms with Gasteiger partial charge in [-0.2, -0.15) is 5.26 Å². The fraction of sp³-hybridized carbons (Fsp3) is 0.462. The molecule has 2 aliphatic heterocycles. The van der Waals surface area contributed by atoms with E-state index in [0.717, 1.165) is 59.4 Å². The largest absolute Gasteiger partial charge is 0.492 e. The van der Waals surface area contributed by atoms with Gasteiger partial charge >= 0.3 is 0 Å². The molecule has 0 unspecified atom stereocenters. The van der Waals surface area contributed by atoms with Crippen LogP contribution in [0.2, 0.25) is 0 Å². The van der Waals surface area contributed by atoms with Crippen molar-refractivity contribution in [2.75, 3.05) is 13.2 Å². The average Bonchev–Trinajstić information content (AvgIpc) is 2.40. The van der Waals surface area contributed by atoms with E-state index in [0.29, 0.717) is 12.2 Å². The third kappa shape index (κ3) is 1.61. The van der Waals surface area contributed by atoms with Crippen LogP contribution >= 0.6 is 15.9 Å². The number of rotatable bonds is 0. The quantitative estimate of drug-likeness (QED) is 0.738. The highest BCUT2D eigenvalue weighted by Gasteiger charge is 2.28. The van der Waals surface area contributed by atoms with Gasteiger partial charge in [0, 0.05) is 11.1 Å². The van der Waals surface area contributed by atoms with Crippen LogP contribution in [0.4, 0.5) is 0 Å². The maximum atomic E-state index is 9.34. The molecule has 2 heterocycles. The van der Waals surface area contributed by atoms with E-state index in [2.05, 4.69) is 22.0 Å². The minimum atomic E-state index is 0.678. The molecule has 0 fully saturated rings. The molecule has 0 spiro atoms. The van der Waals surface area contributed by atoms with Crippen LogP contribution in [-0.2, 0) is 12.8 Å². The van der Waals surface area contributed by atoms with E-state index in [1.807, 2.05) is 0 Å². The van der Waals surface area contributed by atoms with Gasteiger partial charge in [0.15, 0.2) is 0 Å². The van der Waals surface area contributed by atoms with Gasteiger partial charge in [-0.15, -0.1) is 0 Å². The van der Waals surface area contributed by atoms with E-state index < -0.39 is 0 Å². The van der Waals surface area contributed by atoms with Gasteiger partial charge in [-0.3, -0.25) is 0 Å². The minimum absolute atomic E-state index is 0.678. The zero-order chi connectivity index (χ0) is 11.8. The molecule has 3 nitrogen and oxygen atoms in total. The Bertz CT molecular complexity index is 482. The third-order valence-electron chi connectivity index (χ3n) is 3.29. The van der Waals surface area contributed by atoms with Gasteiger partial charge in [0.05, 0.1) is 17.7 Å². The smallest absolute Gasteiger partial charge is 0.141 e. The van der Waals surface area contributed by atoms with Crippen LogP contribution in [0.1, 0.15) is 29.5 Å². The molecule has 0 atom stereocenters. The Labute approximate surface area is 108 Å². The Balaban J connectivity index is 2.30. The molecule has 3 rings (SSSR count). The van der Waals surface area contributed by atoms with E-state index in [4.69, 9.17) is 9.47 Å². The molecule has 0 aromatic heterocycles. The van der Waals surface area contributed by atoms with Crippen LogP contribution < -0.4 is 9.47 Å². The molecule has 0 amide bonds. The van der Waals surface area contributed by atoms with Crippen molar-refractivity contribution in [3.8, 4) is 17.6 Å². The highest BCUT2D eigenvalue weighted by molar-refractivity contribution is 9.10. The van der Waals surface area contributed by atoms with Crippen molar-refractivity contribution >= 4 is 15.9 Å². The second kappa shape index (κ2) is 4.23. The maximum absolute atomic E-state index is 9.34. The van der Waals surface area contributed by atoms with E-state index in [9.17, 15) is 5.26 Å². The van der Waals surface area contributed by atoms with Crippen LogP contribution in [0.15, 0.2) is 4.47 Å². The summed E-state index contributed by atoms with van der Waals surface area (Å²) < 4.78 is 12.4. The lowest BCUT2D eigenvalue weighted by Gasteiger charge is -2.26. The lowest BCUT2D eigenvalue weighted by molar-refractivity contribution is 0.270. The number of nitrogens with zero attached hydrogens (tertiary/aromatic N) is 1. The molecule has 0 radical (unpaired) electrons. The van der Waals surface area contributed by atoms with E-state index in [1.54, 1.807) is 0 Å². The van der Waals surface area contributed by atoms with Crippen LogP contribution in [0.25, 0.3) is 0 Å². The first-order chi connectivity index (χ1) is 8.33. The van der Waals surface area contributed by atoms with Crippen molar-refractivity contribution < 1.29 is 9.47 Å². The molecule has 0 aliphatic carbocycles. The van der Waals surface area contributed by atoms with Crippen molar-refractivity contribution in [3.05, 3.63) is 21.2 Å². The number of hydrogen-bond donors (Lipinski definition) is 0. The molecule has 17 heavy (non-hydrogen) atoms. The zero-order valence-electron chi connectivity index (χ0n) is 9.38. The third-order valence-corrected chi connectivity index (χ3v) is 4.13. The highest BCUT2D eigenvalue weighted by atomic mass is 79.9. The summed E-state index contributed by atoms with van der Waals surface area (Å²) in [5.74, 6) is 1.63. The summed E-state index contributed by atoms with van der Waals surface area (Å²) in [6, 6.07) is 2.28. The molecule has 0 saturated heterocycles. The normalized spacial score (nSPS) is 17.2. The summed E-state index contributed by atoms with van der Waals surface area (Å²) in [6.07, 6.45) is 3.80. The van der Waals surface area contributed by atoms with E-state index in [-0.39, 0.29) is 0 Å². The summed E-state index contributed by atoms with van der Waals surface area (Å²) >= 11 is 3.60. The highest BCUT2D eigenvalue weighted by Crippen LogP contribution is 2.45. The fourth-order valence-corrected chi connectivity index (χ4v) is 3.24. The molecule has 4 heteroatoms. The van der Waals surface area contributed by atoms with Gasteiger partial charge in [-0.05, 0) is 41.6 Å². The Hall–Kier alpha value is -1.21. The summed E-state index contributed by atoms with van der Waals surface area (Å²) in [5, 5.41) is 9.34. The summed E-state index contributed by atoms with van der Waals surface area (Å²) in [6.45, 7) is 1.43. The van der Waals surface area contributed by atoms with E-state index >= 15 is 0 Å². The number of nitriles is 1. The summed E-state index contributed by atoms with van der Waals surface area (Å²) in [4.78, 5) is 0. The molecule has 2 aliphatic rings. The van der Waals surface area contributed by atoms with Crippen LogP contribution in [0, 0.1) is 11.3 Å². The summed E-state index contributed by atoms with van der Waals surface area (Å²) in [7, 11) is 0. The molecule has 0 N–H and O–H groups in total. The minimum Gasteiger partial charge on any atom is -0.492 e. The number of ether oxygens (including phenoxy) is 2. The van der Waals surface area contributed by atoms with Gasteiger partial charge in [0.25, 0.3) is 0 Å². The Morgan fingerprint density at radius 3 is 2.35 bits per heavy atom.